The number of nitrogens with one attached hydrogen (secondary N) is 2. The lowest BCUT2D eigenvalue weighted by molar-refractivity contribution is 0.567. The average molecular weight is 254 g/mol. The quantitative estimate of drug-likeness (QED) is 0.820. The topological polar surface area (TPSA) is 37.2 Å². The lowest BCUT2D eigenvalue weighted by Crippen LogP contribution is -2.21. The van der Waals surface area contributed by atoms with E-state index in [9.17, 15) is 0 Å². The average Bonchev–Trinajstić information content (AvgIpc) is 3.02. The van der Waals surface area contributed by atoms with Crippen LogP contribution >= 0.6 is 0 Å². The highest BCUT2D eigenvalue weighted by molar-refractivity contribution is 5.77. The summed E-state index contributed by atoms with van der Waals surface area (Å²) < 4.78 is 5.26. The molecule has 1 aromatic carbocycles. The van der Waals surface area contributed by atoms with Gasteiger partial charge in [-0.3, -0.25) is 0 Å². The van der Waals surface area contributed by atoms with Crippen LogP contribution < -0.4 is 10.6 Å². The third kappa shape index (κ3) is 1.77. The molecule has 0 spiro atoms. The van der Waals surface area contributed by atoms with Crippen LogP contribution in [0.4, 0.5) is 5.69 Å². The molecule has 1 fully saturated rings. The summed E-state index contributed by atoms with van der Waals surface area (Å²) in [5.74, 6) is 0.621. The van der Waals surface area contributed by atoms with Gasteiger partial charge in [0, 0.05) is 23.2 Å². The Labute approximate surface area is 113 Å². The van der Waals surface area contributed by atoms with Crippen molar-refractivity contribution in [2.75, 3.05) is 18.4 Å². The molecule has 2 atom stereocenters. The summed E-state index contributed by atoms with van der Waals surface area (Å²) in [7, 11) is 0. The van der Waals surface area contributed by atoms with Gasteiger partial charge in [-0.15, -0.1) is 0 Å². The SMILES string of the molecule is c1cc2c(c(-c3ccoc3)c1)[C@H]1CCNCC[C@@H]1N2. The number of hydrogen-bond donors (Lipinski definition) is 2. The molecule has 3 heteroatoms. The molecule has 0 amide bonds. The lowest BCUT2D eigenvalue weighted by Gasteiger charge is -2.17. The first kappa shape index (κ1) is 11.1. The predicted octanol–water partition coefficient (Wildman–Crippen LogP) is 3.21. The van der Waals surface area contributed by atoms with Crippen molar-refractivity contribution >= 4 is 5.69 Å². The van der Waals surface area contributed by atoms with Gasteiger partial charge < -0.3 is 15.1 Å². The summed E-state index contributed by atoms with van der Waals surface area (Å²) in [6, 6.07) is 9.20. The molecule has 0 saturated carbocycles. The van der Waals surface area contributed by atoms with Crippen LogP contribution in [0.1, 0.15) is 24.3 Å². The molecule has 1 aromatic heterocycles. The van der Waals surface area contributed by atoms with Crippen LogP contribution in [-0.4, -0.2) is 19.1 Å². The zero-order chi connectivity index (χ0) is 12.7. The maximum atomic E-state index is 5.26. The second-order valence-corrected chi connectivity index (χ2v) is 5.46. The lowest BCUT2D eigenvalue weighted by atomic mass is 9.86. The van der Waals surface area contributed by atoms with Crippen molar-refractivity contribution in [1.82, 2.24) is 5.32 Å². The van der Waals surface area contributed by atoms with E-state index in [1.165, 1.54) is 35.2 Å². The van der Waals surface area contributed by atoms with Crippen LogP contribution in [0.5, 0.6) is 0 Å². The summed E-state index contributed by atoms with van der Waals surface area (Å²) >= 11 is 0. The first-order valence-corrected chi connectivity index (χ1v) is 7.06. The minimum Gasteiger partial charge on any atom is -0.472 e. The normalized spacial score (nSPS) is 25.3. The van der Waals surface area contributed by atoms with Gasteiger partial charge in [0.2, 0.25) is 0 Å². The van der Waals surface area contributed by atoms with Crippen molar-refractivity contribution in [3.63, 3.8) is 0 Å². The molecule has 98 valence electrons. The summed E-state index contributed by atoms with van der Waals surface area (Å²) in [6.45, 7) is 2.23. The van der Waals surface area contributed by atoms with Crippen LogP contribution in [-0.2, 0) is 0 Å². The Morgan fingerprint density at radius 3 is 2.95 bits per heavy atom. The smallest absolute Gasteiger partial charge is 0.0981 e. The highest BCUT2D eigenvalue weighted by atomic mass is 16.3. The van der Waals surface area contributed by atoms with E-state index in [1.807, 2.05) is 6.26 Å². The van der Waals surface area contributed by atoms with Crippen molar-refractivity contribution < 1.29 is 4.42 Å². The van der Waals surface area contributed by atoms with Crippen molar-refractivity contribution in [2.24, 2.45) is 0 Å². The van der Waals surface area contributed by atoms with Gasteiger partial charge in [-0.05, 0) is 49.2 Å². The summed E-state index contributed by atoms with van der Waals surface area (Å²) in [5.41, 5.74) is 5.32. The zero-order valence-electron chi connectivity index (χ0n) is 10.9. The van der Waals surface area contributed by atoms with Crippen molar-refractivity contribution in [1.29, 1.82) is 0 Å². The van der Waals surface area contributed by atoms with Gasteiger partial charge in [0.05, 0.1) is 12.5 Å². The molecule has 0 unspecified atom stereocenters. The fourth-order valence-electron chi connectivity index (χ4n) is 3.52. The fourth-order valence-corrected chi connectivity index (χ4v) is 3.52. The number of hydrogen-bond acceptors (Lipinski definition) is 3. The molecular weight excluding hydrogens is 236 g/mol. The molecule has 0 bridgehead atoms. The molecule has 2 aliphatic rings. The van der Waals surface area contributed by atoms with E-state index < -0.39 is 0 Å². The van der Waals surface area contributed by atoms with Crippen LogP contribution in [0, 0.1) is 0 Å². The minimum absolute atomic E-state index is 0.582. The molecule has 3 nitrogen and oxygen atoms in total. The van der Waals surface area contributed by atoms with Gasteiger partial charge >= 0.3 is 0 Å². The molecule has 0 radical (unpaired) electrons. The molecule has 4 rings (SSSR count). The molecule has 1 saturated heterocycles. The van der Waals surface area contributed by atoms with Crippen molar-refractivity contribution in [3.8, 4) is 11.1 Å². The minimum atomic E-state index is 0.582. The van der Waals surface area contributed by atoms with E-state index in [2.05, 4.69) is 34.9 Å². The number of rotatable bonds is 1. The Kier molecular flexibility index (Phi) is 2.59. The number of fused-ring (bicyclic) bond motifs is 3. The number of furan rings is 1. The Bertz CT molecular complexity index is 576. The van der Waals surface area contributed by atoms with Gasteiger partial charge in [-0.25, -0.2) is 0 Å². The Balaban J connectivity index is 1.83. The van der Waals surface area contributed by atoms with E-state index in [-0.39, 0.29) is 0 Å². The van der Waals surface area contributed by atoms with E-state index in [4.69, 9.17) is 4.42 Å². The number of anilines is 1. The van der Waals surface area contributed by atoms with Crippen LogP contribution in [0.25, 0.3) is 11.1 Å². The molecule has 2 N–H and O–H groups in total. The summed E-state index contributed by atoms with van der Waals surface area (Å²) in [4.78, 5) is 0. The molecule has 0 aliphatic carbocycles. The maximum Gasteiger partial charge on any atom is 0.0981 e. The van der Waals surface area contributed by atoms with Crippen LogP contribution in [0.3, 0.4) is 0 Å². The van der Waals surface area contributed by atoms with E-state index in [0.29, 0.717) is 12.0 Å². The molecule has 2 aliphatic heterocycles. The second kappa shape index (κ2) is 4.42. The fraction of sp³-hybridized carbons (Fsp3) is 0.375. The Morgan fingerprint density at radius 1 is 1.11 bits per heavy atom. The highest BCUT2D eigenvalue weighted by Crippen LogP contribution is 2.45. The standard InChI is InChI=1S/C16H18N2O/c1-2-12(11-6-9-19-10-11)16-13-4-7-17-8-5-14(13)18-15(16)3-1/h1-3,6,9-10,13-14,17-18H,4-5,7-8H2/t13-,14-/m0/s1. The van der Waals surface area contributed by atoms with Gasteiger partial charge in [-0.1, -0.05) is 12.1 Å². The second-order valence-electron chi connectivity index (χ2n) is 5.46. The molecule has 2 aromatic rings. The van der Waals surface area contributed by atoms with E-state index >= 15 is 0 Å². The first-order chi connectivity index (χ1) is 9.43. The largest absolute Gasteiger partial charge is 0.472 e. The molecule has 3 heterocycles. The third-order valence-corrected chi connectivity index (χ3v) is 4.40. The first-order valence-electron chi connectivity index (χ1n) is 7.06. The van der Waals surface area contributed by atoms with Crippen LogP contribution in [0.2, 0.25) is 0 Å². The van der Waals surface area contributed by atoms with Gasteiger partial charge in [0.25, 0.3) is 0 Å². The van der Waals surface area contributed by atoms with Gasteiger partial charge in [0.1, 0.15) is 0 Å². The monoisotopic (exact) mass is 254 g/mol. The van der Waals surface area contributed by atoms with Crippen molar-refractivity contribution in [3.05, 3.63) is 42.4 Å². The van der Waals surface area contributed by atoms with Gasteiger partial charge in [-0.2, -0.15) is 0 Å². The summed E-state index contributed by atoms with van der Waals surface area (Å²) in [6.07, 6.45) is 6.00. The summed E-state index contributed by atoms with van der Waals surface area (Å²) in [5, 5.41) is 7.21. The predicted molar refractivity (Wildman–Crippen MR) is 76.4 cm³/mol. The van der Waals surface area contributed by atoms with Crippen molar-refractivity contribution in [2.45, 2.75) is 24.8 Å². The zero-order valence-corrected chi connectivity index (χ0v) is 10.9. The van der Waals surface area contributed by atoms with Crippen LogP contribution in [0.15, 0.2) is 41.2 Å². The maximum absolute atomic E-state index is 5.26. The Hall–Kier alpha value is -1.74. The highest BCUT2D eigenvalue weighted by Gasteiger charge is 2.34. The van der Waals surface area contributed by atoms with E-state index in [0.717, 1.165) is 13.1 Å². The molecular formula is C16H18N2O. The third-order valence-electron chi connectivity index (χ3n) is 4.40. The van der Waals surface area contributed by atoms with Gasteiger partial charge in [0.15, 0.2) is 0 Å². The number of benzene rings is 1. The Morgan fingerprint density at radius 2 is 2.05 bits per heavy atom. The van der Waals surface area contributed by atoms with E-state index in [1.54, 1.807) is 6.26 Å². The molecule has 19 heavy (non-hydrogen) atoms.